The lowest BCUT2D eigenvalue weighted by Gasteiger charge is -2.04. The highest BCUT2D eigenvalue weighted by Gasteiger charge is 1.97. The minimum atomic E-state index is 0.284. The number of hydrogen-bond donors (Lipinski definition) is 0. The number of rotatable bonds is 13. The van der Waals surface area contributed by atoms with Crippen molar-refractivity contribution < 1.29 is 4.79 Å². The fraction of sp³-hybridized carbons (Fsp3) is 0.625. The zero-order valence-corrected chi connectivity index (χ0v) is 17.6. The molecule has 0 radical (unpaired) electrons. The van der Waals surface area contributed by atoms with Gasteiger partial charge in [0.1, 0.15) is 5.78 Å². The Morgan fingerprint density at radius 3 is 1.60 bits per heavy atom. The molecule has 0 atom stereocenters. The Kier molecular flexibility index (Phi) is 14.1. The van der Waals surface area contributed by atoms with E-state index in [9.17, 15) is 4.79 Å². The minimum Gasteiger partial charge on any atom is -0.300 e. The summed E-state index contributed by atoms with van der Waals surface area (Å²) in [6.45, 7) is 12.7. The summed E-state index contributed by atoms with van der Waals surface area (Å²) in [6.07, 6.45) is 18.9. The molecule has 0 unspecified atom stereocenters. The standard InChI is InChI=1S/C24H40O/c1-7-24(19-11-17-23(6)25)18-10-16-22(5)15-9-14-21(4)13-8-12-20(2)3/h12,14,16,19H,7-11,13,15,17-18H2,1-6H3. The van der Waals surface area contributed by atoms with E-state index in [1.807, 2.05) is 0 Å². The SMILES string of the molecule is CCC(=CCCC(C)=O)CCC=C(C)CCC=C(C)CCC=C(C)C. The summed E-state index contributed by atoms with van der Waals surface area (Å²) in [5.41, 5.74) is 5.90. The number of hydrogen-bond acceptors (Lipinski definition) is 1. The van der Waals surface area contributed by atoms with Gasteiger partial charge in [-0.1, -0.05) is 53.5 Å². The molecule has 0 aromatic heterocycles. The zero-order valence-electron chi connectivity index (χ0n) is 17.6. The molecule has 142 valence electrons. The van der Waals surface area contributed by atoms with Crippen LogP contribution in [0.5, 0.6) is 0 Å². The maximum Gasteiger partial charge on any atom is 0.130 e. The minimum absolute atomic E-state index is 0.284. The summed E-state index contributed by atoms with van der Waals surface area (Å²) in [7, 11) is 0. The van der Waals surface area contributed by atoms with E-state index >= 15 is 0 Å². The van der Waals surface area contributed by atoms with Crippen LogP contribution in [-0.4, -0.2) is 5.78 Å². The monoisotopic (exact) mass is 344 g/mol. The van der Waals surface area contributed by atoms with Crippen molar-refractivity contribution in [3.63, 3.8) is 0 Å². The van der Waals surface area contributed by atoms with Gasteiger partial charge in [-0.3, -0.25) is 0 Å². The van der Waals surface area contributed by atoms with Crippen LogP contribution in [0, 0.1) is 0 Å². The van der Waals surface area contributed by atoms with E-state index < -0.39 is 0 Å². The lowest BCUT2D eigenvalue weighted by atomic mass is 10.0. The van der Waals surface area contributed by atoms with Crippen LogP contribution < -0.4 is 0 Å². The number of Topliss-reactive ketones (excluding diaryl/α,β-unsaturated/α-hetero) is 1. The van der Waals surface area contributed by atoms with Gasteiger partial charge in [0.15, 0.2) is 0 Å². The summed E-state index contributed by atoms with van der Waals surface area (Å²) in [5.74, 6) is 0.284. The first kappa shape index (κ1) is 23.6. The Morgan fingerprint density at radius 2 is 1.12 bits per heavy atom. The highest BCUT2D eigenvalue weighted by Crippen LogP contribution is 2.15. The molecule has 0 aliphatic heterocycles. The molecule has 25 heavy (non-hydrogen) atoms. The molecule has 0 amide bonds. The van der Waals surface area contributed by atoms with Crippen molar-refractivity contribution in [1.29, 1.82) is 0 Å². The fourth-order valence-corrected chi connectivity index (χ4v) is 2.75. The molecular weight excluding hydrogens is 304 g/mol. The lowest BCUT2D eigenvalue weighted by Crippen LogP contribution is -1.89. The number of carbonyl (C=O) groups excluding carboxylic acids is 1. The maximum absolute atomic E-state index is 11.0. The Hall–Kier alpha value is -1.37. The highest BCUT2D eigenvalue weighted by molar-refractivity contribution is 5.75. The second-order valence-corrected chi connectivity index (χ2v) is 7.46. The second kappa shape index (κ2) is 14.9. The molecule has 0 spiro atoms. The maximum atomic E-state index is 11.0. The molecule has 0 N–H and O–H groups in total. The van der Waals surface area contributed by atoms with E-state index in [-0.39, 0.29) is 5.78 Å². The van der Waals surface area contributed by atoms with Crippen LogP contribution in [-0.2, 0) is 4.79 Å². The van der Waals surface area contributed by atoms with Crippen molar-refractivity contribution in [3.05, 3.63) is 46.6 Å². The Bertz CT molecular complexity index is 496. The molecule has 0 bridgehead atoms. The van der Waals surface area contributed by atoms with Crippen molar-refractivity contribution in [1.82, 2.24) is 0 Å². The van der Waals surface area contributed by atoms with Crippen LogP contribution >= 0.6 is 0 Å². The van der Waals surface area contributed by atoms with Crippen molar-refractivity contribution in [2.75, 3.05) is 0 Å². The predicted molar refractivity (Wildman–Crippen MR) is 113 cm³/mol. The van der Waals surface area contributed by atoms with Crippen LogP contribution in [0.2, 0.25) is 0 Å². The molecule has 0 saturated heterocycles. The normalized spacial score (nSPS) is 13.1. The van der Waals surface area contributed by atoms with Crippen molar-refractivity contribution >= 4 is 5.78 Å². The quantitative estimate of drug-likeness (QED) is 0.310. The van der Waals surface area contributed by atoms with Crippen LogP contribution in [0.15, 0.2) is 46.6 Å². The summed E-state index contributed by atoms with van der Waals surface area (Å²) in [4.78, 5) is 11.0. The van der Waals surface area contributed by atoms with Gasteiger partial charge >= 0.3 is 0 Å². The number of ketones is 1. The summed E-state index contributed by atoms with van der Waals surface area (Å²) < 4.78 is 0. The number of allylic oxidation sites excluding steroid dienone is 8. The average molecular weight is 345 g/mol. The van der Waals surface area contributed by atoms with E-state index in [1.54, 1.807) is 6.92 Å². The van der Waals surface area contributed by atoms with Gasteiger partial charge in [0, 0.05) is 6.42 Å². The predicted octanol–water partition coefficient (Wildman–Crippen LogP) is 7.89. The highest BCUT2D eigenvalue weighted by atomic mass is 16.1. The van der Waals surface area contributed by atoms with Gasteiger partial charge in [-0.2, -0.15) is 0 Å². The van der Waals surface area contributed by atoms with Gasteiger partial charge in [0.2, 0.25) is 0 Å². The van der Waals surface area contributed by atoms with E-state index in [0.717, 1.165) is 44.9 Å². The first-order chi connectivity index (χ1) is 11.8. The van der Waals surface area contributed by atoms with Gasteiger partial charge < -0.3 is 4.79 Å². The zero-order chi connectivity index (χ0) is 19.1. The molecule has 0 aromatic carbocycles. The molecule has 0 aromatic rings. The lowest BCUT2D eigenvalue weighted by molar-refractivity contribution is -0.116. The Labute approximate surface area is 157 Å². The first-order valence-corrected chi connectivity index (χ1v) is 9.97. The van der Waals surface area contributed by atoms with Crippen molar-refractivity contribution in [2.24, 2.45) is 0 Å². The third kappa shape index (κ3) is 15.9. The fourth-order valence-electron chi connectivity index (χ4n) is 2.75. The van der Waals surface area contributed by atoms with Crippen molar-refractivity contribution in [3.8, 4) is 0 Å². The summed E-state index contributed by atoms with van der Waals surface area (Å²) in [5, 5.41) is 0. The second-order valence-electron chi connectivity index (χ2n) is 7.46. The van der Waals surface area contributed by atoms with Gasteiger partial charge in [0.25, 0.3) is 0 Å². The molecule has 0 saturated carbocycles. The van der Waals surface area contributed by atoms with Crippen LogP contribution in [0.1, 0.15) is 99.3 Å². The van der Waals surface area contributed by atoms with Crippen LogP contribution in [0.4, 0.5) is 0 Å². The smallest absolute Gasteiger partial charge is 0.130 e. The van der Waals surface area contributed by atoms with Gasteiger partial charge in [-0.25, -0.2) is 0 Å². The third-order valence-electron chi connectivity index (χ3n) is 4.46. The van der Waals surface area contributed by atoms with E-state index in [4.69, 9.17) is 0 Å². The largest absolute Gasteiger partial charge is 0.300 e. The molecule has 1 heteroatoms. The van der Waals surface area contributed by atoms with Gasteiger partial charge in [-0.15, -0.1) is 0 Å². The molecule has 0 aliphatic carbocycles. The molecule has 1 nitrogen and oxygen atoms in total. The average Bonchev–Trinajstić information content (AvgIpc) is 2.52. The van der Waals surface area contributed by atoms with Crippen LogP contribution in [0.25, 0.3) is 0 Å². The summed E-state index contributed by atoms with van der Waals surface area (Å²) >= 11 is 0. The van der Waals surface area contributed by atoms with E-state index in [0.29, 0.717) is 6.42 Å². The number of carbonyl (C=O) groups is 1. The Balaban J connectivity index is 4.11. The first-order valence-electron chi connectivity index (χ1n) is 9.97. The molecular formula is C24H40O. The van der Waals surface area contributed by atoms with Crippen LogP contribution in [0.3, 0.4) is 0 Å². The van der Waals surface area contributed by atoms with E-state index in [1.165, 1.54) is 28.7 Å². The Morgan fingerprint density at radius 1 is 0.640 bits per heavy atom. The van der Waals surface area contributed by atoms with E-state index in [2.05, 4.69) is 58.9 Å². The molecule has 0 aliphatic rings. The topological polar surface area (TPSA) is 17.1 Å². The van der Waals surface area contributed by atoms with Gasteiger partial charge in [-0.05, 0) is 86.0 Å². The molecule has 0 fully saturated rings. The molecule has 0 heterocycles. The van der Waals surface area contributed by atoms with Gasteiger partial charge in [0.05, 0.1) is 0 Å². The third-order valence-corrected chi connectivity index (χ3v) is 4.46. The van der Waals surface area contributed by atoms with Crippen molar-refractivity contribution in [2.45, 2.75) is 99.3 Å². The molecule has 0 rings (SSSR count). The summed E-state index contributed by atoms with van der Waals surface area (Å²) in [6, 6.07) is 0.